The highest BCUT2D eigenvalue weighted by molar-refractivity contribution is 5.97. The van der Waals surface area contributed by atoms with Gasteiger partial charge in [-0.2, -0.15) is 0 Å². The summed E-state index contributed by atoms with van der Waals surface area (Å²) in [5, 5.41) is 4.50. The molecule has 3 heterocycles. The van der Waals surface area contributed by atoms with Crippen LogP contribution >= 0.6 is 0 Å². The number of amides is 1. The number of fused-ring (bicyclic) bond motifs is 1. The number of hydrogen-bond acceptors (Lipinski definition) is 3. The van der Waals surface area contributed by atoms with Crippen molar-refractivity contribution in [1.82, 2.24) is 20.2 Å². The fourth-order valence-electron chi connectivity index (χ4n) is 5.59. The number of aryl methyl sites for hydroxylation is 1. The predicted octanol–water partition coefficient (Wildman–Crippen LogP) is 6.93. The molecule has 1 saturated heterocycles. The maximum Gasteiger partial charge on any atom is 0.251 e. The molecule has 1 aliphatic rings. The second-order valence-corrected chi connectivity index (χ2v) is 11.0. The maximum absolute atomic E-state index is 13.1. The van der Waals surface area contributed by atoms with Crippen molar-refractivity contribution in [1.29, 1.82) is 0 Å². The summed E-state index contributed by atoms with van der Waals surface area (Å²) in [5.41, 5.74) is 8.65. The Morgan fingerprint density at radius 1 is 0.973 bits per heavy atom. The van der Waals surface area contributed by atoms with Crippen LogP contribution in [0.5, 0.6) is 0 Å². The highest BCUT2D eigenvalue weighted by Crippen LogP contribution is 2.37. The summed E-state index contributed by atoms with van der Waals surface area (Å²) in [7, 11) is 0. The van der Waals surface area contributed by atoms with Gasteiger partial charge in [0.1, 0.15) is 0 Å². The Labute approximate surface area is 220 Å². The molecule has 1 aliphatic heterocycles. The topological polar surface area (TPSA) is 61.0 Å². The zero-order chi connectivity index (χ0) is 26.1. The Balaban J connectivity index is 1.42. The van der Waals surface area contributed by atoms with E-state index < -0.39 is 0 Å². The van der Waals surface area contributed by atoms with Crippen LogP contribution in [0.15, 0.2) is 60.8 Å². The quantitative estimate of drug-likeness (QED) is 0.305. The van der Waals surface area contributed by atoms with Crippen LogP contribution in [0.4, 0.5) is 0 Å². The first-order chi connectivity index (χ1) is 17.8. The molecule has 0 bridgehead atoms. The van der Waals surface area contributed by atoms with Crippen LogP contribution in [0.25, 0.3) is 33.3 Å². The summed E-state index contributed by atoms with van der Waals surface area (Å²) in [6.07, 6.45) is 3.88. The molecule has 0 radical (unpaired) electrons. The van der Waals surface area contributed by atoms with Crippen molar-refractivity contribution in [2.24, 2.45) is 0 Å². The van der Waals surface area contributed by atoms with E-state index in [0.29, 0.717) is 12.0 Å². The molecule has 5 heteroatoms. The third-order valence-electron chi connectivity index (χ3n) is 7.65. The van der Waals surface area contributed by atoms with E-state index in [1.54, 1.807) is 0 Å². The Morgan fingerprint density at radius 2 is 1.73 bits per heavy atom. The number of nitrogens with zero attached hydrogens (tertiary/aromatic N) is 2. The van der Waals surface area contributed by atoms with E-state index in [0.717, 1.165) is 65.1 Å². The van der Waals surface area contributed by atoms with Crippen LogP contribution in [-0.2, 0) is 0 Å². The summed E-state index contributed by atoms with van der Waals surface area (Å²) in [4.78, 5) is 23.6. The predicted molar refractivity (Wildman–Crippen MR) is 153 cm³/mol. The van der Waals surface area contributed by atoms with Gasteiger partial charge in [0, 0.05) is 59.1 Å². The van der Waals surface area contributed by atoms with Crippen LogP contribution in [0, 0.1) is 6.92 Å². The lowest BCUT2D eigenvalue weighted by Crippen LogP contribution is -2.46. The molecule has 0 aliphatic carbocycles. The number of carbonyl (C=O) groups excluding carboxylic acids is 1. The number of H-pyrrole nitrogens is 1. The number of nitrogens with one attached hydrogen (secondary N) is 2. The zero-order valence-electron chi connectivity index (χ0n) is 22.6. The minimum Gasteiger partial charge on any atom is -0.354 e. The number of carbonyl (C=O) groups is 1. The number of rotatable bonds is 6. The SMILES string of the molecule is Cc1cc(-c2[nH]c3ccc(-c4cccc(C(=O)NC5CCN(C(C)C)CC5)c4)cc3c2C(C)C)ccn1. The summed E-state index contributed by atoms with van der Waals surface area (Å²) >= 11 is 0. The van der Waals surface area contributed by atoms with Gasteiger partial charge >= 0.3 is 0 Å². The van der Waals surface area contributed by atoms with Gasteiger partial charge in [-0.05, 0) is 92.6 Å². The number of piperidine rings is 1. The number of pyridine rings is 1. The summed E-state index contributed by atoms with van der Waals surface area (Å²) in [5.74, 6) is 0.373. The first kappa shape index (κ1) is 25.2. The van der Waals surface area contributed by atoms with Crippen molar-refractivity contribution in [3.05, 3.63) is 77.6 Å². The van der Waals surface area contributed by atoms with Gasteiger partial charge in [-0.3, -0.25) is 9.78 Å². The number of aromatic amines is 1. The molecule has 2 N–H and O–H groups in total. The van der Waals surface area contributed by atoms with Crippen molar-refractivity contribution >= 4 is 16.8 Å². The summed E-state index contributed by atoms with van der Waals surface area (Å²) in [6.45, 7) is 13.1. The van der Waals surface area contributed by atoms with E-state index in [-0.39, 0.29) is 11.9 Å². The average Bonchev–Trinajstić information content (AvgIpc) is 3.28. The Hall–Kier alpha value is -3.44. The molecule has 192 valence electrons. The molecule has 0 unspecified atom stereocenters. The molecule has 0 spiro atoms. The molecule has 0 saturated carbocycles. The van der Waals surface area contributed by atoms with Gasteiger partial charge in [0.2, 0.25) is 0 Å². The lowest BCUT2D eigenvalue weighted by Gasteiger charge is -2.34. The largest absolute Gasteiger partial charge is 0.354 e. The van der Waals surface area contributed by atoms with Crippen LogP contribution in [0.3, 0.4) is 0 Å². The fraction of sp³-hybridized carbons (Fsp3) is 0.375. The average molecular weight is 495 g/mol. The first-order valence-corrected chi connectivity index (χ1v) is 13.5. The molecule has 0 atom stereocenters. The molecule has 37 heavy (non-hydrogen) atoms. The van der Waals surface area contributed by atoms with Crippen molar-refractivity contribution in [3.8, 4) is 22.4 Å². The van der Waals surface area contributed by atoms with E-state index in [9.17, 15) is 4.79 Å². The molecular weight excluding hydrogens is 456 g/mol. The van der Waals surface area contributed by atoms with Gasteiger partial charge in [0.15, 0.2) is 0 Å². The summed E-state index contributed by atoms with van der Waals surface area (Å²) in [6, 6.07) is 19.6. The fourth-order valence-corrected chi connectivity index (χ4v) is 5.59. The maximum atomic E-state index is 13.1. The van der Waals surface area contributed by atoms with Crippen LogP contribution in [0.2, 0.25) is 0 Å². The number of aromatic nitrogens is 2. The van der Waals surface area contributed by atoms with Gasteiger partial charge in [0.25, 0.3) is 5.91 Å². The molecule has 1 fully saturated rings. The standard InChI is InChI=1S/C32H38N4O/c1-20(2)30-28-19-24(9-10-29(28)35-31(30)25-11-14-33-22(5)17-25)23-7-6-8-26(18-23)32(37)34-27-12-15-36(16-13-27)21(3)4/h6-11,14,17-21,27,35H,12-13,15-16H2,1-5H3,(H,34,37). The lowest BCUT2D eigenvalue weighted by atomic mass is 9.94. The monoisotopic (exact) mass is 494 g/mol. The molecule has 2 aromatic carbocycles. The zero-order valence-corrected chi connectivity index (χ0v) is 22.6. The highest BCUT2D eigenvalue weighted by atomic mass is 16.1. The van der Waals surface area contributed by atoms with Gasteiger partial charge in [-0.1, -0.05) is 32.0 Å². The Kier molecular flexibility index (Phi) is 7.16. The molecule has 4 aromatic rings. The third-order valence-corrected chi connectivity index (χ3v) is 7.65. The third kappa shape index (κ3) is 5.33. The lowest BCUT2D eigenvalue weighted by molar-refractivity contribution is 0.0900. The minimum atomic E-state index is 0.0192. The smallest absolute Gasteiger partial charge is 0.251 e. The first-order valence-electron chi connectivity index (χ1n) is 13.5. The van der Waals surface area contributed by atoms with Gasteiger partial charge in [-0.25, -0.2) is 0 Å². The highest BCUT2D eigenvalue weighted by Gasteiger charge is 2.23. The summed E-state index contributed by atoms with van der Waals surface area (Å²) < 4.78 is 0. The molecule has 5 rings (SSSR count). The number of hydrogen-bond donors (Lipinski definition) is 2. The van der Waals surface area contributed by atoms with E-state index in [1.807, 2.05) is 31.3 Å². The molecule has 2 aromatic heterocycles. The van der Waals surface area contributed by atoms with Crippen molar-refractivity contribution in [2.45, 2.75) is 65.5 Å². The van der Waals surface area contributed by atoms with E-state index in [2.05, 4.69) is 84.3 Å². The van der Waals surface area contributed by atoms with Gasteiger partial charge in [-0.15, -0.1) is 0 Å². The van der Waals surface area contributed by atoms with Crippen molar-refractivity contribution < 1.29 is 4.79 Å². The second kappa shape index (κ2) is 10.5. The number of benzene rings is 2. The Bertz CT molecular complexity index is 1410. The van der Waals surface area contributed by atoms with E-state index in [1.165, 1.54) is 10.9 Å². The molecule has 1 amide bonds. The van der Waals surface area contributed by atoms with Crippen LogP contribution in [0.1, 0.15) is 68.1 Å². The van der Waals surface area contributed by atoms with Crippen LogP contribution < -0.4 is 5.32 Å². The van der Waals surface area contributed by atoms with Gasteiger partial charge < -0.3 is 15.2 Å². The van der Waals surface area contributed by atoms with Crippen molar-refractivity contribution in [2.75, 3.05) is 13.1 Å². The molecule has 5 nitrogen and oxygen atoms in total. The second-order valence-electron chi connectivity index (χ2n) is 11.0. The minimum absolute atomic E-state index is 0.0192. The van der Waals surface area contributed by atoms with Crippen LogP contribution in [-0.4, -0.2) is 45.9 Å². The molecular formula is C32H38N4O. The number of likely N-dealkylation sites (tertiary alicyclic amines) is 1. The Morgan fingerprint density at radius 3 is 2.43 bits per heavy atom. The van der Waals surface area contributed by atoms with Gasteiger partial charge in [0.05, 0.1) is 5.69 Å². The van der Waals surface area contributed by atoms with E-state index >= 15 is 0 Å². The van der Waals surface area contributed by atoms with Crippen molar-refractivity contribution in [3.63, 3.8) is 0 Å². The van der Waals surface area contributed by atoms with E-state index in [4.69, 9.17) is 0 Å². The normalized spacial score (nSPS) is 15.1.